The molecule has 8 unspecified atom stereocenters. The summed E-state index contributed by atoms with van der Waals surface area (Å²) in [4.78, 5) is 21.4. The molecule has 8 nitrogen and oxygen atoms in total. The minimum atomic E-state index is 0.855. The highest BCUT2D eigenvalue weighted by Gasteiger charge is 2.25. The molecular formula is C85H178N8. The van der Waals surface area contributed by atoms with Gasteiger partial charge in [0.25, 0.3) is 0 Å². The van der Waals surface area contributed by atoms with E-state index in [9.17, 15) is 0 Å². The summed E-state index contributed by atoms with van der Waals surface area (Å²) in [5.41, 5.74) is 0. The van der Waals surface area contributed by atoms with Crippen molar-refractivity contribution in [2.45, 2.75) is 448 Å². The molecule has 8 aliphatic heterocycles. The zero-order chi connectivity index (χ0) is 68.4. The van der Waals surface area contributed by atoms with Crippen LogP contribution >= 0.6 is 0 Å². The van der Waals surface area contributed by atoms with Crippen LogP contribution in [-0.4, -0.2) is 192 Å². The molecule has 0 radical (unpaired) electrons. The summed E-state index contributed by atoms with van der Waals surface area (Å²) >= 11 is 0. The lowest BCUT2D eigenvalue weighted by molar-refractivity contribution is 0.136. The fourth-order valence-electron chi connectivity index (χ4n) is 17.0. The second kappa shape index (κ2) is 63.8. The van der Waals surface area contributed by atoms with E-state index in [0.717, 1.165) is 48.3 Å². The summed E-state index contributed by atoms with van der Waals surface area (Å²) in [6.07, 6.45) is 63.3. The summed E-state index contributed by atoms with van der Waals surface area (Å²) in [6, 6.07) is 7.20. The predicted octanol–water partition coefficient (Wildman–Crippen LogP) is 23.2. The second-order valence-electron chi connectivity index (χ2n) is 30.8. The third kappa shape index (κ3) is 43.2. The third-order valence-electron chi connectivity index (χ3n) is 23.1. The van der Waals surface area contributed by atoms with E-state index < -0.39 is 0 Å². The van der Waals surface area contributed by atoms with Crippen molar-refractivity contribution >= 4 is 0 Å². The van der Waals surface area contributed by atoms with Crippen LogP contribution in [0.15, 0.2) is 0 Å². The smallest absolute Gasteiger partial charge is 0.00952 e. The van der Waals surface area contributed by atoms with Crippen LogP contribution in [0.1, 0.15) is 400 Å². The molecule has 0 aliphatic carbocycles. The van der Waals surface area contributed by atoms with Crippen LogP contribution in [0.4, 0.5) is 0 Å². The molecule has 8 heterocycles. The Morgan fingerprint density at radius 3 is 0.731 bits per heavy atom. The number of nitrogens with zero attached hydrogens (tertiary/aromatic N) is 8. The van der Waals surface area contributed by atoms with Crippen molar-refractivity contribution in [2.24, 2.45) is 0 Å². The van der Waals surface area contributed by atoms with Gasteiger partial charge in [-0.2, -0.15) is 0 Å². The Labute approximate surface area is 588 Å². The first kappa shape index (κ1) is 90.7. The average molecular weight is 1310 g/mol. The van der Waals surface area contributed by atoms with Gasteiger partial charge in [0.1, 0.15) is 0 Å². The lowest BCUT2D eigenvalue weighted by Crippen LogP contribution is -2.39. The molecule has 8 saturated heterocycles. The molecule has 0 saturated carbocycles. The van der Waals surface area contributed by atoms with Gasteiger partial charge in [0, 0.05) is 48.3 Å². The first-order valence-electron chi connectivity index (χ1n) is 43.4. The van der Waals surface area contributed by atoms with Gasteiger partial charge in [-0.25, -0.2) is 0 Å². The molecule has 0 spiro atoms. The van der Waals surface area contributed by atoms with Crippen molar-refractivity contribution in [3.63, 3.8) is 0 Å². The Morgan fingerprint density at radius 2 is 0.441 bits per heavy atom. The standard InChI is InChI=1S/C13H27N.C12H25N.2C11H23N.2C10H21N.2C9H19N/c1-3-5-9-13-10-7-8-12-14(13)11-6-4-2;1-3-5-10-13-11-7-6-9-12(13)8-4-2;1-3-7-11-8-5-6-10-12(11)9-4-2;1-3-5-9-12-10-7-6-8-11(12)4-2;1-3-4-8-11-9-6-5-7-10(11)2;1-3-8-11-9-6-5-7-10(11)4-2;1-3-7-10-8-5-4-6-9(10)2;1-3-9-7-5-6-8-10(9)4-2/h13H,3-12H2,1-2H3;12H,3-11H2,1-2H3;2*11H,3-10H2,1-2H3;2*10H,3-9H2,1-2H3;2*9H,3-8H2,1-2H3. The molecule has 0 aromatic carbocycles. The summed E-state index contributed by atoms with van der Waals surface area (Å²) in [5, 5.41) is 0. The maximum absolute atomic E-state index is 2.75. The highest BCUT2D eigenvalue weighted by Crippen LogP contribution is 2.26. The SMILES string of the molecule is CCC1CCCCN1CC.CCCC1CCCCN1CCC.CCCCC1CCCCN1CCCC.CCCCN1CCCCC1C.CCCCN1CCCCC1CC.CCCCN1CCCCC1CCC.CCCN1CCCCC1C.CCCN1CCCCC1CC. The topological polar surface area (TPSA) is 25.9 Å². The zero-order valence-electron chi connectivity index (χ0n) is 67.3. The van der Waals surface area contributed by atoms with Crippen molar-refractivity contribution in [2.75, 3.05) is 105 Å². The lowest BCUT2D eigenvalue weighted by Gasteiger charge is -2.35. The average Bonchev–Trinajstić information content (AvgIpc) is 3.82. The third-order valence-corrected chi connectivity index (χ3v) is 23.1. The van der Waals surface area contributed by atoms with Crippen molar-refractivity contribution in [3.05, 3.63) is 0 Å². The summed E-state index contributed by atoms with van der Waals surface area (Å²) < 4.78 is 0. The quantitative estimate of drug-likeness (QED) is 0.0731. The number of hydrogen-bond donors (Lipinski definition) is 0. The fourth-order valence-corrected chi connectivity index (χ4v) is 17.0. The molecule has 8 heteroatoms. The van der Waals surface area contributed by atoms with Crippen LogP contribution in [0, 0.1) is 0 Å². The van der Waals surface area contributed by atoms with E-state index >= 15 is 0 Å². The van der Waals surface area contributed by atoms with Gasteiger partial charge in [-0.1, -0.05) is 200 Å². The predicted molar refractivity (Wildman–Crippen MR) is 421 cm³/mol. The van der Waals surface area contributed by atoms with Gasteiger partial charge in [0.15, 0.2) is 0 Å². The minimum absolute atomic E-state index is 0.855. The van der Waals surface area contributed by atoms with Gasteiger partial charge in [-0.15, -0.1) is 0 Å². The van der Waals surface area contributed by atoms with E-state index in [0.29, 0.717) is 0 Å². The van der Waals surface area contributed by atoms with Crippen LogP contribution in [0.25, 0.3) is 0 Å². The number of piperidine rings is 8. The van der Waals surface area contributed by atoms with Crippen molar-refractivity contribution in [3.8, 4) is 0 Å². The first-order valence-corrected chi connectivity index (χ1v) is 43.4. The lowest BCUT2D eigenvalue weighted by atomic mass is 9.97. The van der Waals surface area contributed by atoms with Crippen LogP contribution in [0.5, 0.6) is 0 Å². The zero-order valence-corrected chi connectivity index (χ0v) is 67.3. The van der Waals surface area contributed by atoms with Crippen molar-refractivity contribution in [1.29, 1.82) is 0 Å². The van der Waals surface area contributed by atoms with Crippen molar-refractivity contribution < 1.29 is 0 Å². The summed E-state index contributed by atoms with van der Waals surface area (Å²) in [6.45, 7) is 58.3. The van der Waals surface area contributed by atoms with Crippen molar-refractivity contribution in [1.82, 2.24) is 39.2 Å². The molecule has 8 aliphatic rings. The van der Waals surface area contributed by atoms with Gasteiger partial charge < -0.3 is 39.2 Å². The fraction of sp³-hybridized carbons (Fsp3) is 1.00. The largest absolute Gasteiger partial charge is 0.301 e. The van der Waals surface area contributed by atoms with Gasteiger partial charge in [-0.3, -0.25) is 0 Å². The maximum atomic E-state index is 2.75. The molecule has 93 heavy (non-hydrogen) atoms. The van der Waals surface area contributed by atoms with E-state index in [1.807, 2.05) is 0 Å². The van der Waals surface area contributed by atoms with Crippen LogP contribution < -0.4 is 0 Å². The first-order chi connectivity index (χ1) is 45.5. The number of unbranched alkanes of at least 4 members (excludes halogenated alkanes) is 5. The Hall–Kier alpha value is -0.320. The molecule has 8 atom stereocenters. The van der Waals surface area contributed by atoms with Gasteiger partial charge >= 0.3 is 0 Å². The number of likely N-dealkylation sites (tertiary alicyclic amines) is 8. The molecule has 0 aromatic heterocycles. The molecule has 0 aromatic rings. The van der Waals surface area contributed by atoms with Crippen LogP contribution in [0.2, 0.25) is 0 Å². The van der Waals surface area contributed by atoms with E-state index in [-0.39, 0.29) is 0 Å². The van der Waals surface area contributed by atoms with E-state index in [1.54, 1.807) is 0 Å². The Balaban J connectivity index is 0.000000533. The van der Waals surface area contributed by atoms with Crippen LogP contribution in [0.3, 0.4) is 0 Å². The summed E-state index contributed by atoms with van der Waals surface area (Å²) in [5.74, 6) is 0. The Morgan fingerprint density at radius 1 is 0.204 bits per heavy atom. The molecule has 8 rings (SSSR count). The van der Waals surface area contributed by atoms with E-state index in [4.69, 9.17) is 0 Å². The van der Waals surface area contributed by atoms with Gasteiger partial charge in [0.2, 0.25) is 0 Å². The second-order valence-corrected chi connectivity index (χ2v) is 30.8. The molecule has 0 amide bonds. The minimum Gasteiger partial charge on any atom is -0.301 e. The Bertz CT molecular complexity index is 1460. The molecular weight excluding hydrogens is 1130 g/mol. The van der Waals surface area contributed by atoms with E-state index in [2.05, 4.69) is 150 Å². The normalized spacial score (nSPS) is 26.5. The van der Waals surface area contributed by atoms with Gasteiger partial charge in [0.05, 0.1) is 0 Å². The highest BCUT2D eigenvalue weighted by molar-refractivity contribution is 4.81. The molecule has 0 bridgehead atoms. The molecule has 558 valence electrons. The van der Waals surface area contributed by atoms with E-state index in [1.165, 1.54) is 394 Å². The molecule has 0 N–H and O–H groups in total. The monoisotopic (exact) mass is 1310 g/mol. The van der Waals surface area contributed by atoms with Crippen LogP contribution in [-0.2, 0) is 0 Å². The Kier molecular flexibility index (Phi) is 62.2. The number of rotatable bonds is 29. The molecule has 8 fully saturated rings. The highest BCUT2D eigenvalue weighted by atomic mass is 15.2. The maximum Gasteiger partial charge on any atom is 0.00952 e. The number of hydrogen-bond acceptors (Lipinski definition) is 8. The summed E-state index contributed by atoms with van der Waals surface area (Å²) in [7, 11) is 0. The van der Waals surface area contributed by atoms with Gasteiger partial charge in [-0.05, 0) is 305 Å².